The standard InChI is InChI=1S/C25H25N5O4/c1-32-21-12-18-20(13-22(21)34-8-2-5-30-6-9-33-10-7-30)27-15-28-24(18)23-17-11-16(14-26)3-4-19(17)29-25(23)31/h3-4,11-13,15,23H,2,5-10H2,1H3,(H,29,31). The Bertz CT molecular complexity index is 1270. The van der Waals surface area contributed by atoms with Gasteiger partial charge in [-0.25, -0.2) is 9.97 Å². The number of rotatable bonds is 7. The molecular weight excluding hydrogens is 434 g/mol. The normalized spacial score (nSPS) is 17.8. The van der Waals surface area contributed by atoms with Gasteiger partial charge >= 0.3 is 0 Å². The molecule has 3 aromatic rings. The van der Waals surface area contributed by atoms with E-state index >= 15 is 0 Å². The first-order chi connectivity index (χ1) is 16.7. The Labute approximate surface area is 197 Å². The van der Waals surface area contributed by atoms with Crippen LogP contribution in [0.25, 0.3) is 10.9 Å². The van der Waals surface area contributed by atoms with Crippen LogP contribution in [0.2, 0.25) is 0 Å². The van der Waals surface area contributed by atoms with Crippen molar-refractivity contribution in [2.75, 3.05) is 51.9 Å². The Balaban J connectivity index is 1.41. The van der Waals surface area contributed by atoms with Gasteiger partial charge in [-0.1, -0.05) is 0 Å². The zero-order valence-corrected chi connectivity index (χ0v) is 18.9. The van der Waals surface area contributed by atoms with Crippen LogP contribution in [0, 0.1) is 11.3 Å². The molecular formula is C25H25N5O4. The van der Waals surface area contributed by atoms with E-state index in [0.29, 0.717) is 46.0 Å². The second kappa shape index (κ2) is 9.63. The van der Waals surface area contributed by atoms with Gasteiger partial charge in [0, 0.05) is 36.8 Å². The average molecular weight is 460 g/mol. The SMILES string of the molecule is COc1cc2c(C3C(=O)Nc4ccc(C#N)cc43)ncnc2cc1OCCCN1CCOCC1. The van der Waals surface area contributed by atoms with Gasteiger partial charge < -0.3 is 19.5 Å². The zero-order valence-electron chi connectivity index (χ0n) is 18.9. The van der Waals surface area contributed by atoms with Gasteiger partial charge in [-0.3, -0.25) is 9.69 Å². The summed E-state index contributed by atoms with van der Waals surface area (Å²) in [5.41, 5.74) is 3.13. The van der Waals surface area contributed by atoms with E-state index in [4.69, 9.17) is 14.2 Å². The molecule has 0 radical (unpaired) electrons. The average Bonchev–Trinajstić information content (AvgIpc) is 3.20. The smallest absolute Gasteiger partial charge is 0.238 e. The predicted molar refractivity (Wildman–Crippen MR) is 125 cm³/mol. The first kappa shape index (κ1) is 22.1. The Hall–Kier alpha value is -3.74. The summed E-state index contributed by atoms with van der Waals surface area (Å²) in [6.45, 7) is 4.96. The summed E-state index contributed by atoms with van der Waals surface area (Å²) in [4.78, 5) is 24.1. The highest BCUT2D eigenvalue weighted by Gasteiger charge is 2.34. The number of methoxy groups -OCH3 is 1. The van der Waals surface area contributed by atoms with Crippen molar-refractivity contribution in [2.24, 2.45) is 0 Å². The van der Waals surface area contributed by atoms with Crippen molar-refractivity contribution < 1.29 is 19.0 Å². The molecule has 34 heavy (non-hydrogen) atoms. The third kappa shape index (κ3) is 4.25. The van der Waals surface area contributed by atoms with Gasteiger partial charge in [-0.15, -0.1) is 0 Å². The van der Waals surface area contributed by atoms with E-state index in [2.05, 4.69) is 26.3 Å². The molecule has 1 N–H and O–H groups in total. The first-order valence-electron chi connectivity index (χ1n) is 11.3. The van der Waals surface area contributed by atoms with E-state index in [1.54, 1.807) is 25.3 Å². The van der Waals surface area contributed by atoms with Crippen molar-refractivity contribution in [3.05, 3.63) is 53.5 Å². The lowest BCUT2D eigenvalue weighted by atomic mass is 9.93. The zero-order chi connectivity index (χ0) is 23.5. The summed E-state index contributed by atoms with van der Waals surface area (Å²) >= 11 is 0. The third-order valence-corrected chi connectivity index (χ3v) is 6.22. The number of nitrogens with one attached hydrogen (secondary N) is 1. The molecule has 174 valence electrons. The van der Waals surface area contributed by atoms with E-state index in [-0.39, 0.29) is 5.91 Å². The topological polar surface area (TPSA) is 110 Å². The number of amides is 1. The molecule has 5 rings (SSSR count). The lowest BCUT2D eigenvalue weighted by molar-refractivity contribution is -0.116. The molecule has 2 aromatic carbocycles. The Morgan fingerprint density at radius 2 is 2.06 bits per heavy atom. The van der Waals surface area contributed by atoms with Gasteiger partial charge in [0.15, 0.2) is 11.5 Å². The minimum atomic E-state index is -0.640. The van der Waals surface area contributed by atoms with E-state index in [1.807, 2.05) is 12.1 Å². The largest absolute Gasteiger partial charge is 0.493 e. The molecule has 1 fully saturated rings. The lowest BCUT2D eigenvalue weighted by Crippen LogP contribution is -2.37. The molecule has 1 unspecified atom stereocenters. The molecule has 0 aliphatic carbocycles. The quantitative estimate of drug-likeness (QED) is 0.537. The number of benzene rings is 2. The van der Waals surface area contributed by atoms with Gasteiger partial charge in [0.2, 0.25) is 5.91 Å². The molecule has 1 atom stereocenters. The number of anilines is 1. The lowest BCUT2D eigenvalue weighted by Gasteiger charge is -2.26. The highest BCUT2D eigenvalue weighted by Crippen LogP contribution is 2.41. The Morgan fingerprint density at radius 1 is 1.21 bits per heavy atom. The van der Waals surface area contributed by atoms with Crippen molar-refractivity contribution in [1.29, 1.82) is 5.26 Å². The van der Waals surface area contributed by atoms with Gasteiger partial charge in [0.1, 0.15) is 12.2 Å². The maximum absolute atomic E-state index is 12.9. The van der Waals surface area contributed by atoms with Crippen molar-refractivity contribution in [3.63, 3.8) is 0 Å². The number of nitrogens with zero attached hydrogens (tertiary/aromatic N) is 4. The number of hydrogen-bond acceptors (Lipinski definition) is 8. The minimum absolute atomic E-state index is 0.188. The minimum Gasteiger partial charge on any atom is -0.493 e. The van der Waals surface area contributed by atoms with Crippen LogP contribution in [0.5, 0.6) is 11.5 Å². The molecule has 2 aliphatic rings. The van der Waals surface area contributed by atoms with Crippen molar-refractivity contribution >= 4 is 22.5 Å². The van der Waals surface area contributed by atoms with Crippen molar-refractivity contribution in [1.82, 2.24) is 14.9 Å². The molecule has 0 saturated carbocycles. The van der Waals surface area contributed by atoms with Crippen molar-refractivity contribution in [3.8, 4) is 17.6 Å². The van der Waals surface area contributed by atoms with Gasteiger partial charge in [-0.05, 0) is 36.2 Å². The number of carbonyl (C=O) groups is 1. The number of aromatic nitrogens is 2. The van der Waals surface area contributed by atoms with Gasteiger partial charge in [0.05, 0.1) is 49.8 Å². The maximum Gasteiger partial charge on any atom is 0.238 e. The van der Waals surface area contributed by atoms with Gasteiger partial charge in [-0.2, -0.15) is 5.26 Å². The summed E-state index contributed by atoms with van der Waals surface area (Å²) < 4.78 is 17.0. The maximum atomic E-state index is 12.9. The van der Waals surface area contributed by atoms with Crippen LogP contribution < -0.4 is 14.8 Å². The summed E-state index contributed by atoms with van der Waals surface area (Å²) in [6.07, 6.45) is 2.34. The summed E-state index contributed by atoms with van der Waals surface area (Å²) in [7, 11) is 1.59. The van der Waals surface area contributed by atoms with Crippen LogP contribution >= 0.6 is 0 Å². The van der Waals surface area contributed by atoms with Crippen LogP contribution in [-0.2, 0) is 9.53 Å². The number of hydrogen-bond donors (Lipinski definition) is 1. The highest BCUT2D eigenvalue weighted by atomic mass is 16.5. The number of carbonyl (C=O) groups excluding carboxylic acids is 1. The predicted octanol–water partition coefficient (Wildman–Crippen LogP) is 2.70. The fraction of sp³-hybridized carbons (Fsp3) is 0.360. The van der Waals surface area contributed by atoms with Crippen LogP contribution in [0.3, 0.4) is 0 Å². The summed E-state index contributed by atoms with van der Waals surface area (Å²) in [5, 5.41) is 12.9. The molecule has 0 bridgehead atoms. The molecule has 2 aliphatic heterocycles. The molecule has 1 amide bonds. The molecule has 1 saturated heterocycles. The van der Waals surface area contributed by atoms with Crippen LogP contribution in [-0.4, -0.2) is 67.3 Å². The third-order valence-electron chi connectivity index (χ3n) is 6.22. The van der Waals surface area contributed by atoms with E-state index in [9.17, 15) is 10.1 Å². The Morgan fingerprint density at radius 3 is 2.85 bits per heavy atom. The molecule has 9 heteroatoms. The first-order valence-corrected chi connectivity index (χ1v) is 11.3. The van der Waals surface area contributed by atoms with Crippen LogP contribution in [0.1, 0.15) is 29.2 Å². The second-order valence-corrected chi connectivity index (χ2v) is 8.27. The second-order valence-electron chi connectivity index (χ2n) is 8.27. The van der Waals surface area contributed by atoms with E-state index in [0.717, 1.165) is 44.8 Å². The monoisotopic (exact) mass is 459 g/mol. The number of nitriles is 1. The molecule has 0 spiro atoms. The number of morpholine rings is 1. The molecule has 9 nitrogen and oxygen atoms in total. The highest BCUT2D eigenvalue weighted by molar-refractivity contribution is 6.07. The van der Waals surface area contributed by atoms with E-state index in [1.165, 1.54) is 6.33 Å². The fourth-order valence-electron chi connectivity index (χ4n) is 4.48. The summed E-state index contributed by atoms with van der Waals surface area (Å²) in [6, 6.07) is 10.9. The van der Waals surface area contributed by atoms with E-state index < -0.39 is 5.92 Å². The van der Waals surface area contributed by atoms with Crippen LogP contribution in [0.15, 0.2) is 36.7 Å². The number of fused-ring (bicyclic) bond motifs is 2. The fourth-order valence-corrected chi connectivity index (χ4v) is 4.48. The van der Waals surface area contributed by atoms with Gasteiger partial charge in [0.25, 0.3) is 0 Å². The Kier molecular flexibility index (Phi) is 6.25. The summed E-state index contributed by atoms with van der Waals surface area (Å²) in [5.74, 6) is 0.329. The van der Waals surface area contributed by atoms with Crippen molar-refractivity contribution in [2.45, 2.75) is 12.3 Å². The molecule has 1 aromatic heterocycles. The molecule has 3 heterocycles. The van der Waals surface area contributed by atoms with Crippen LogP contribution in [0.4, 0.5) is 5.69 Å². The number of ether oxygens (including phenoxy) is 3.